The number of hydrogen-bond donors (Lipinski definition) is 0. The zero-order valence-corrected chi connectivity index (χ0v) is 8.64. The first-order chi connectivity index (χ1) is 7.20. The van der Waals surface area contributed by atoms with Crippen molar-refractivity contribution in [2.24, 2.45) is 0 Å². The lowest BCUT2D eigenvalue weighted by atomic mass is 10.1. The van der Waals surface area contributed by atoms with Crippen LogP contribution in [0.5, 0.6) is 0 Å². The highest BCUT2D eigenvalue weighted by Crippen LogP contribution is 2.13. The second-order valence-corrected chi connectivity index (χ2v) is 3.47. The summed E-state index contributed by atoms with van der Waals surface area (Å²) in [6.07, 6.45) is 2.14. The fourth-order valence-electron chi connectivity index (χ4n) is 1.38. The Labute approximate surface area is 87.5 Å². The molecule has 0 spiro atoms. The van der Waals surface area contributed by atoms with Crippen molar-refractivity contribution in [3.05, 3.63) is 41.2 Å². The molecule has 0 saturated carbocycles. The molecule has 0 aliphatic carbocycles. The Balaban J connectivity index is 2.52. The van der Waals surface area contributed by atoms with Crippen molar-refractivity contribution in [1.29, 1.82) is 0 Å². The van der Waals surface area contributed by atoms with Crippen LogP contribution in [0.4, 0.5) is 0 Å². The Morgan fingerprint density at radius 3 is 2.80 bits per heavy atom. The molecule has 0 aliphatic rings. The molecule has 1 aromatic carbocycles. The van der Waals surface area contributed by atoms with Gasteiger partial charge in [0, 0.05) is 0 Å². The van der Waals surface area contributed by atoms with Crippen LogP contribution in [-0.4, -0.2) is 21.3 Å². The Morgan fingerprint density at radius 1 is 1.33 bits per heavy atom. The number of rotatable bonds is 2. The van der Waals surface area contributed by atoms with Crippen LogP contribution >= 0.6 is 0 Å². The molecular formula is C11H11N3O. The van der Waals surface area contributed by atoms with E-state index < -0.39 is 0 Å². The lowest BCUT2D eigenvalue weighted by molar-refractivity contribution is 0.111. The van der Waals surface area contributed by atoms with Crippen LogP contribution in [0, 0.1) is 13.8 Å². The van der Waals surface area contributed by atoms with Gasteiger partial charge in [0.1, 0.15) is 5.69 Å². The number of aryl methyl sites for hydroxylation is 2. The molecule has 0 aliphatic heterocycles. The number of aromatic nitrogens is 3. The predicted molar refractivity (Wildman–Crippen MR) is 56.2 cm³/mol. The molecule has 0 amide bonds. The molecule has 0 radical (unpaired) electrons. The summed E-state index contributed by atoms with van der Waals surface area (Å²) in [5.74, 6) is 0. The van der Waals surface area contributed by atoms with Crippen LogP contribution in [0.1, 0.15) is 21.6 Å². The zero-order chi connectivity index (χ0) is 10.8. The van der Waals surface area contributed by atoms with Gasteiger partial charge in [-0.05, 0) is 31.0 Å². The van der Waals surface area contributed by atoms with Crippen molar-refractivity contribution in [2.75, 3.05) is 0 Å². The Morgan fingerprint density at radius 2 is 2.13 bits per heavy atom. The third kappa shape index (κ3) is 1.79. The van der Waals surface area contributed by atoms with Crippen LogP contribution in [0.25, 0.3) is 5.69 Å². The first-order valence-electron chi connectivity index (χ1n) is 4.66. The molecular weight excluding hydrogens is 190 g/mol. The third-order valence-electron chi connectivity index (χ3n) is 2.21. The molecule has 76 valence electrons. The standard InChI is InChI=1S/C11H11N3O/c1-8-3-4-9(2)11(5-8)14-12-6-10(7-15)13-14/h3-7H,1-2H3. The minimum Gasteiger partial charge on any atom is -0.296 e. The van der Waals surface area contributed by atoms with Crippen molar-refractivity contribution in [3.8, 4) is 5.69 Å². The molecule has 1 heterocycles. The molecule has 4 nitrogen and oxygen atoms in total. The lowest BCUT2D eigenvalue weighted by Crippen LogP contribution is -2.02. The Kier molecular flexibility index (Phi) is 2.33. The number of nitrogens with zero attached hydrogens (tertiary/aromatic N) is 3. The van der Waals surface area contributed by atoms with Gasteiger partial charge in [0.05, 0.1) is 11.9 Å². The summed E-state index contributed by atoms with van der Waals surface area (Å²) in [5, 5.41) is 8.07. The average molecular weight is 201 g/mol. The number of aldehydes is 1. The van der Waals surface area contributed by atoms with Crippen LogP contribution in [0.2, 0.25) is 0 Å². The van der Waals surface area contributed by atoms with Crippen molar-refractivity contribution in [1.82, 2.24) is 15.0 Å². The molecule has 1 aromatic heterocycles. The van der Waals surface area contributed by atoms with E-state index in [0.717, 1.165) is 16.8 Å². The van der Waals surface area contributed by atoms with E-state index in [-0.39, 0.29) is 0 Å². The summed E-state index contributed by atoms with van der Waals surface area (Å²) in [7, 11) is 0. The zero-order valence-electron chi connectivity index (χ0n) is 8.64. The van der Waals surface area contributed by atoms with Gasteiger partial charge in [0.15, 0.2) is 6.29 Å². The van der Waals surface area contributed by atoms with Gasteiger partial charge in [-0.3, -0.25) is 4.79 Å². The van der Waals surface area contributed by atoms with Gasteiger partial charge in [0.2, 0.25) is 0 Å². The van der Waals surface area contributed by atoms with Crippen LogP contribution in [0.3, 0.4) is 0 Å². The Bertz CT molecular complexity index is 502. The minimum atomic E-state index is 0.343. The van der Waals surface area contributed by atoms with E-state index in [9.17, 15) is 4.79 Å². The largest absolute Gasteiger partial charge is 0.296 e. The van der Waals surface area contributed by atoms with Crippen LogP contribution in [-0.2, 0) is 0 Å². The summed E-state index contributed by atoms with van der Waals surface area (Å²) < 4.78 is 0. The predicted octanol–water partition coefficient (Wildman–Crippen LogP) is 1.70. The second-order valence-electron chi connectivity index (χ2n) is 3.47. The number of carbonyl (C=O) groups excluding carboxylic acids is 1. The van der Waals surface area contributed by atoms with Crippen molar-refractivity contribution in [2.45, 2.75) is 13.8 Å². The highest BCUT2D eigenvalue weighted by atomic mass is 16.1. The summed E-state index contributed by atoms with van der Waals surface area (Å²) in [5.41, 5.74) is 3.47. The number of benzene rings is 1. The average Bonchev–Trinajstić information content (AvgIpc) is 2.70. The second kappa shape index (κ2) is 3.65. The van der Waals surface area contributed by atoms with Gasteiger partial charge < -0.3 is 0 Å². The van der Waals surface area contributed by atoms with Gasteiger partial charge in [-0.25, -0.2) is 0 Å². The van der Waals surface area contributed by atoms with Crippen molar-refractivity contribution in [3.63, 3.8) is 0 Å². The molecule has 0 unspecified atom stereocenters. The highest BCUT2D eigenvalue weighted by molar-refractivity contribution is 5.70. The Hall–Kier alpha value is -1.97. The molecule has 0 bridgehead atoms. The van der Waals surface area contributed by atoms with Gasteiger partial charge in [-0.15, -0.1) is 5.10 Å². The number of hydrogen-bond acceptors (Lipinski definition) is 3. The van der Waals surface area contributed by atoms with Crippen LogP contribution in [0.15, 0.2) is 24.4 Å². The SMILES string of the molecule is Cc1ccc(C)c(-n2ncc(C=O)n2)c1. The van der Waals surface area contributed by atoms with Crippen molar-refractivity contribution >= 4 is 6.29 Å². The minimum absolute atomic E-state index is 0.343. The normalized spacial score (nSPS) is 10.3. The maximum absolute atomic E-state index is 10.5. The quantitative estimate of drug-likeness (QED) is 0.695. The summed E-state index contributed by atoms with van der Waals surface area (Å²) in [4.78, 5) is 12.0. The topological polar surface area (TPSA) is 47.8 Å². The fourth-order valence-corrected chi connectivity index (χ4v) is 1.38. The molecule has 2 aromatic rings. The molecule has 2 rings (SSSR count). The van der Waals surface area contributed by atoms with Crippen LogP contribution < -0.4 is 0 Å². The highest BCUT2D eigenvalue weighted by Gasteiger charge is 2.04. The molecule has 0 N–H and O–H groups in total. The van der Waals surface area contributed by atoms with E-state index in [2.05, 4.69) is 10.2 Å². The van der Waals surface area contributed by atoms with E-state index in [4.69, 9.17) is 0 Å². The van der Waals surface area contributed by atoms with Crippen molar-refractivity contribution < 1.29 is 4.79 Å². The maximum Gasteiger partial charge on any atom is 0.171 e. The summed E-state index contributed by atoms with van der Waals surface area (Å²) in [6, 6.07) is 6.03. The van der Waals surface area contributed by atoms with E-state index in [1.54, 1.807) is 0 Å². The first-order valence-corrected chi connectivity index (χ1v) is 4.66. The monoisotopic (exact) mass is 201 g/mol. The van der Waals surface area contributed by atoms with Gasteiger partial charge in [-0.1, -0.05) is 12.1 Å². The summed E-state index contributed by atoms with van der Waals surface area (Å²) in [6.45, 7) is 3.99. The summed E-state index contributed by atoms with van der Waals surface area (Å²) >= 11 is 0. The molecule has 0 fully saturated rings. The molecule has 0 atom stereocenters. The lowest BCUT2D eigenvalue weighted by Gasteiger charge is -2.04. The third-order valence-corrected chi connectivity index (χ3v) is 2.21. The number of carbonyl (C=O) groups is 1. The molecule has 15 heavy (non-hydrogen) atoms. The smallest absolute Gasteiger partial charge is 0.171 e. The maximum atomic E-state index is 10.5. The van der Waals surface area contributed by atoms with Gasteiger partial charge in [0.25, 0.3) is 0 Å². The van der Waals surface area contributed by atoms with E-state index in [1.807, 2.05) is 32.0 Å². The van der Waals surface area contributed by atoms with E-state index >= 15 is 0 Å². The first kappa shape index (κ1) is 9.58. The fraction of sp³-hybridized carbons (Fsp3) is 0.182. The van der Waals surface area contributed by atoms with Gasteiger partial charge >= 0.3 is 0 Å². The molecule has 4 heteroatoms. The van der Waals surface area contributed by atoms with E-state index in [0.29, 0.717) is 12.0 Å². The van der Waals surface area contributed by atoms with E-state index in [1.165, 1.54) is 11.0 Å². The molecule has 0 saturated heterocycles. The van der Waals surface area contributed by atoms with Gasteiger partial charge in [-0.2, -0.15) is 9.90 Å².